The lowest BCUT2D eigenvalue weighted by Gasteiger charge is -2.29. The molecule has 1 saturated heterocycles. The molecule has 38 heavy (non-hydrogen) atoms. The third kappa shape index (κ3) is 5.71. The van der Waals surface area contributed by atoms with Crippen molar-refractivity contribution < 1.29 is 33.6 Å². The van der Waals surface area contributed by atoms with E-state index in [1.165, 1.54) is 29.2 Å². The van der Waals surface area contributed by atoms with Crippen LogP contribution in [0.4, 0.5) is 10.5 Å². The van der Waals surface area contributed by atoms with E-state index in [1.807, 2.05) is 12.2 Å². The van der Waals surface area contributed by atoms with Crippen LogP contribution >= 0.6 is 0 Å². The van der Waals surface area contributed by atoms with E-state index < -0.39 is 34.4 Å². The number of rotatable bonds is 5. The number of hydrogen-bond donors (Lipinski definition) is 0. The van der Waals surface area contributed by atoms with E-state index in [2.05, 4.69) is 0 Å². The summed E-state index contributed by atoms with van der Waals surface area (Å²) in [5, 5.41) is 10.9. The Morgan fingerprint density at radius 3 is 2.61 bits per heavy atom. The minimum Gasteiger partial charge on any atom is -0.466 e. The highest BCUT2D eigenvalue weighted by molar-refractivity contribution is 5.95. The molecular weight excluding hydrogens is 494 g/mol. The molecule has 2 fully saturated rings. The molecule has 2 amide bonds. The molecule has 1 saturated carbocycles. The number of ketones is 1. The van der Waals surface area contributed by atoms with Crippen LogP contribution in [0.3, 0.4) is 0 Å². The molecule has 2 aliphatic heterocycles. The number of hydrogen-bond acceptors (Lipinski definition) is 8. The number of Topliss-reactive ketones (excluding diaryl/α,β-unsaturated/α-hetero) is 1. The van der Waals surface area contributed by atoms with E-state index in [9.17, 15) is 29.3 Å². The first-order valence-electron chi connectivity index (χ1n) is 13.0. The molecule has 3 aliphatic rings. The zero-order valence-corrected chi connectivity index (χ0v) is 21.7. The summed E-state index contributed by atoms with van der Waals surface area (Å²) in [6.45, 7) is 2.50. The van der Waals surface area contributed by atoms with Gasteiger partial charge < -0.3 is 19.3 Å². The fourth-order valence-electron chi connectivity index (χ4n) is 5.32. The number of nitro benzene ring substituents is 1. The van der Waals surface area contributed by atoms with Crippen LogP contribution in [0, 0.1) is 21.4 Å². The van der Waals surface area contributed by atoms with E-state index in [0.717, 1.165) is 19.3 Å². The zero-order valence-electron chi connectivity index (χ0n) is 21.7. The van der Waals surface area contributed by atoms with Gasteiger partial charge in [-0.1, -0.05) is 12.2 Å². The van der Waals surface area contributed by atoms with Crippen LogP contribution in [0.15, 0.2) is 36.4 Å². The Morgan fingerprint density at radius 1 is 1.18 bits per heavy atom. The lowest BCUT2D eigenvalue weighted by molar-refractivity contribution is -0.384. The molecule has 0 unspecified atom stereocenters. The maximum atomic E-state index is 13.6. The Labute approximate surface area is 220 Å². The van der Waals surface area contributed by atoms with E-state index in [4.69, 9.17) is 9.47 Å². The van der Waals surface area contributed by atoms with Crippen LogP contribution in [0.2, 0.25) is 0 Å². The van der Waals surface area contributed by atoms with Crippen LogP contribution in [-0.2, 0) is 19.1 Å². The Balaban J connectivity index is 1.54. The van der Waals surface area contributed by atoms with Gasteiger partial charge in [-0.15, -0.1) is 0 Å². The van der Waals surface area contributed by atoms with Gasteiger partial charge in [-0.2, -0.15) is 0 Å². The third-order valence-corrected chi connectivity index (χ3v) is 7.58. The predicted molar refractivity (Wildman–Crippen MR) is 135 cm³/mol. The van der Waals surface area contributed by atoms with Crippen LogP contribution in [0.1, 0.15) is 55.8 Å². The fraction of sp³-hybridized carbons (Fsp3) is 0.556. The van der Waals surface area contributed by atoms with Crippen molar-refractivity contribution in [3.8, 4) is 0 Å². The topological polar surface area (TPSA) is 136 Å². The van der Waals surface area contributed by atoms with Crippen LogP contribution in [-0.4, -0.2) is 77.4 Å². The molecule has 0 bridgehead atoms. The van der Waals surface area contributed by atoms with Gasteiger partial charge in [0.15, 0.2) is 5.78 Å². The monoisotopic (exact) mass is 527 g/mol. The van der Waals surface area contributed by atoms with Crippen molar-refractivity contribution in [1.82, 2.24) is 9.80 Å². The molecule has 4 rings (SSSR count). The summed E-state index contributed by atoms with van der Waals surface area (Å²) in [6, 6.07) is 3.86. The van der Waals surface area contributed by atoms with Gasteiger partial charge in [0, 0.05) is 38.6 Å². The van der Waals surface area contributed by atoms with Gasteiger partial charge in [0.1, 0.15) is 6.10 Å². The first-order valence-corrected chi connectivity index (χ1v) is 13.0. The van der Waals surface area contributed by atoms with Gasteiger partial charge >= 0.3 is 18.0 Å². The zero-order chi connectivity index (χ0) is 27.4. The normalized spacial score (nSPS) is 28.5. The first-order chi connectivity index (χ1) is 18.2. The van der Waals surface area contributed by atoms with Crippen molar-refractivity contribution in [2.24, 2.45) is 11.3 Å². The molecule has 2 heterocycles. The second-order valence-electron chi connectivity index (χ2n) is 10.2. The van der Waals surface area contributed by atoms with Gasteiger partial charge in [0.05, 0.1) is 35.1 Å². The highest BCUT2D eigenvalue weighted by atomic mass is 16.6. The molecular formula is C27H33N3O8. The lowest BCUT2D eigenvalue weighted by atomic mass is 9.92. The van der Waals surface area contributed by atoms with Gasteiger partial charge in [-0.25, -0.2) is 9.59 Å². The molecule has 1 aromatic rings. The molecule has 0 spiro atoms. The van der Waals surface area contributed by atoms with E-state index in [-0.39, 0.29) is 55.0 Å². The number of nitrogens with zero attached hydrogens (tertiary/aromatic N) is 3. The Kier molecular flexibility index (Phi) is 8.13. The highest BCUT2D eigenvalue weighted by Gasteiger charge is 2.61. The molecule has 0 radical (unpaired) electrons. The summed E-state index contributed by atoms with van der Waals surface area (Å²) in [5.74, 6) is -1.44. The number of amides is 2. The minimum atomic E-state index is -0.929. The average molecular weight is 528 g/mol. The van der Waals surface area contributed by atoms with Crippen LogP contribution < -0.4 is 0 Å². The summed E-state index contributed by atoms with van der Waals surface area (Å²) in [4.78, 5) is 65.9. The molecule has 4 atom stereocenters. The van der Waals surface area contributed by atoms with Crippen LogP contribution in [0.5, 0.6) is 0 Å². The summed E-state index contributed by atoms with van der Waals surface area (Å²) in [7, 11) is 1.68. The second-order valence-corrected chi connectivity index (χ2v) is 10.2. The number of ether oxygens (including phenoxy) is 2. The van der Waals surface area contributed by atoms with Crippen molar-refractivity contribution >= 4 is 29.4 Å². The smallest absolute Gasteiger partial charge is 0.338 e. The lowest BCUT2D eigenvalue weighted by Crippen LogP contribution is -2.48. The quantitative estimate of drug-likeness (QED) is 0.246. The van der Waals surface area contributed by atoms with Gasteiger partial charge in [-0.3, -0.25) is 19.7 Å². The van der Waals surface area contributed by atoms with Crippen molar-refractivity contribution in [3.05, 3.63) is 52.1 Å². The highest BCUT2D eigenvalue weighted by Crippen LogP contribution is 2.57. The number of carbonyl (C=O) groups excluding carboxylic acids is 4. The maximum absolute atomic E-state index is 13.6. The SMILES string of the molecule is CCOC(=O)[C@]12CC(=O)[C@@H]3C[C@H](OC(=O)c4ccc([N+](=O)[O-])cc4)CN3C(=O)N(C)CCCC/C=C\[C@@H]1C2. The van der Waals surface area contributed by atoms with E-state index in [0.29, 0.717) is 13.0 Å². The number of non-ortho nitro benzene ring substituents is 1. The molecule has 204 valence electrons. The van der Waals surface area contributed by atoms with Crippen molar-refractivity contribution in [3.63, 3.8) is 0 Å². The number of urea groups is 1. The van der Waals surface area contributed by atoms with Crippen LogP contribution in [0.25, 0.3) is 0 Å². The molecule has 1 aromatic carbocycles. The fourth-order valence-corrected chi connectivity index (χ4v) is 5.32. The number of esters is 2. The Morgan fingerprint density at radius 2 is 1.92 bits per heavy atom. The van der Waals surface area contributed by atoms with Gasteiger partial charge in [0.2, 0.25) is 0 Å². The summed E-state index contributed by atoms with van der Waals surface area (Å²) >= 11 is 0. The summed E-state index contributed by atoms with van der Waals surface area (Å²) in [6.07, 6.45) is 6.36. The van der Waals surface area contributed by atoms with E-state index >= 15 is 0 Å². The largest absolute Gasteiger partial charge is 0.466 e. The predicted octanol–water partition coefficient (Wildman–Crippen LogP) is 3.52. The Bertz CT molecular complexity index is 1130. The van der Waals surface area contributed by atoms with Crippen molar-refractivity contribution in [2.75, 3.05) is 26.7 Å². The standard InChI is InChI=1S/C27H33N3O8/c1-3-37-25(33)27-15-19(27)8-6-4-5-7-13-28(2)26(34)29-17-21(14-22(29)23(31)16-27)38-24(32)18-9-11-20(12-10-18)30(35)36/h6,8-12,19,21-22H,3-5,7,13-17H2,1-2H3/b8-6-/t19-,21+,22+,27-/m1/s1. The Hall–Kier alpha value is -3.76. The molecule has 0 N–H and O–H groups in total. The number of allylic oxidation sites excluding steroid dienone is 2. The summed E-state index contributed by atoms with van der Waals surface area (Å²) in [5.41, 5.74) is -0.949. The molecule has 11 heteroatoms. The molecule has 11 nitrogen and oxygen atoms in total. The third-order valence-electron chi connectivity index (χ3n) is 7.58. The number of nitro groups is 1. The van der Waals surface area contributed by atoms with Gasteiger partial charge in [-0.05, 0) is 50.7 Å². The van der Waals surface area contributed by atoms with Gasteiger partial charge in [0.25, 0.3) is 5.69 Å². The van der Waals surface area contributed by atoms with E-state index in [1.54, 1.807) is 18.9 Å². The average Bonchev–Trinajstić information content (AvgIpc) is 3.42. The first kappa shape index (κ1) is 27.3. The maximum Gasteiger partial charge on any atom is 0.338 e. The number of carbonyl (C=O) groups is 4. The number of fused-ring (bicyclic) bond motifs is 2. The van der Waals surface area contributed by atoms with Crippen molar-refractivity contribution in [2.45, 2.75) is 57.6 Å². The van der Waals surface area contributed by atoms with Crippen molar-refractivity contribution in [1.29, 1.82) is 0 Å². The molecule has 0 aromatic heterocycles. The summed E-state index contributed by atoms with van der Waals surface area (Å²) < 4.78 is 10.9. The second kappa shape index (κ2) is 11.3. The minimum absolute atomic E-state index is 0.0358. The molecule has 1 aliphatic carbocycles. The number of benzene rings is 1.